The fourth-order valence-corrected chi connectivity index (χ4v) is 3.97. The van der Waals surface area contributed by atoms with Gasteiger partial charge in [0.15, 0.2) is 5.15 Å². The van der Waals surface area contributed by atoms with E-state index in [9.17, 15) is 4.79 Å². The summed E-state index contributed by atoms with van der Waals surface area (Å²) in [5, 5.41) is 17.0. The van der Waals surface area contributed by atoms with Crippen molar-refractivity contribution in [1.29, 1.82) is 0 Å². The van der Waals surface area contributed by atoms with Crippen molar-refractivity contribution in [1.82, 2.24) is 19.9 Å². The van der Waals surface area contributed by atoms with Gasteiger partial charge in [0, 0.05) is 42.1 Å². The van der Waals surface area contributed by atoms with Crippen molar-refractivity contribution in [2.75, 3.05) is 17.2 Å². The molecule has 0 atom stereocenters. The van der Waals surface area contributed by atoms with Crippen LogP contribution in [0.15, 0.2) is 36.8 Å². The average molecular weight is 427 g/mol. The lowest BCUT2D eigenvalue weighted by molar-refractivity contribution is -0.136. The van der Waals surface area contributed by atoms with Crippen LogP contribution in [-0.2, 0) is 11.2 Å². The fraction of sp³-hybridized carbons (Fsp3) is 0.381. The molecule has 3 aromatic heterocycles. The molecule has 1 aliphatic carbocycles. The van der Waals surface area contributed by atoms with Crippen molar-refractivity contribution < 1.29 is 9.90 Å². The van der Waals surface area contributed by atoms with Gasteiger partial charge in [0.05, 0.1) is 6.42 Å². The maximum atomic E-state index is 10.7. The number of carboxylic acid groups (broad SMARTS) is 1. The number of fused-ring (bicyclic) bond motifs is 1. The van der Waals surface area contributed by atoms with E-state index in [0.717, 1.165) is 48.9 Å². The van der Waals surface area contributed by atoms with Gasteiger partial charge in [-0.1, -0.05) is 11.6 Å². The normalized spacial score (nSPS) is 18.8. The van der Waals surface area contributed by atoms with Crippen LogP contribution < -0.4 is 10.6 Å². The van der Waals surface area contributed by atoms with Gasteiger partial charge in [-0.15, -0.1) is 0 Å². The Morgan fingerprint density at radius 3 is 2.60 bits per heavy atom. The van der Waals surface area contributed by atoms with Crippen LogP contribution in [0.4, 0.5) is 11.8 Å². The Bertz CT molecular complexity index is 1020. The number of nitrogens with one attached hydrogen (secondary N) is 2. The molecular weight excluding hydrogens is 404 g/mol. The largest absolute Gasteiger partial charge is 0.481 e. The molecule has 1 aliphatic rings. The summed E-state index contributed by atoms with van der Waals surface area (Å²) >= 11 is 6.16. The molecule has 156 valence electrons. The van der Waals surface area contributed by atoms with Gasteiger partial charge in [-0.05, 0) is 49.8 Å². The molecule has 0 unspecified atom stereocenters. The van der Waals surface area contributed by atoms with Crippen LogP contribution >= 0.6 is 11.6 Å². The van der Waals surface area contributed by atoms with Gasteiger partial charge in [0.2, 0.25) is 5.95 Å². The van der Waals surface area contributed by atoms with E-state index in [1.807, 2.05) is 18.2 Å². The SMILES string of the molecule is O=C(O)Cc1cnc(NC[C@H]2CC[C@H](Nc3ccc4ccnc(Cl)c4n3)CC2)nc1. The van der Waals surface area contributed by atoms with E-state index in [-0.39, 0.29) is 6.42 Å². The van der Waals surface area contributed by atoms with Gasteiger partial charge in [-0.25, -0.2) is 19.9 Å². The predicted octanol–water partition coefficient (Wildman–Crippen LogP) is 3.78. The first-order valence-corrected chi connectivity index (χ1v) is 10.4. The molecular formula is C21H23ClN6O2. The Hall–Kier alpha value is -3.00. The van der Waals surface area contributed by atoms with Crippen molar-refractivity contribution in [3.8, 4) is 0 Å². The van der Waals surface area contributed by atoms with E-state index in [1.165, 1.54) is 0 Å². The van der Waals surface area contributed by atoms with Crippen LogP contribution in [-0.4, -0.2) is 43.6 Å². The molecule has 3 aromatic rings. The van der Waals surface area contributed by atoms with Gasteiger partial charge in [-0.2, -0.15) is 0 Å². The second-order valence-electron chi connectivity index (χ2n) is 7.60. The third kappa shape index (κ3) is 5.13. The topological polar surface area (TPSA) is 113 Å². The van der Waals surface area contributed by atoms with E-state index in [0.29, 0.717) is 28.6 Å². The summed E-state index contributed by atoms with van der Waals surface area (Å²) in [6.45, 7) is 0.806. The molecule has 0 aliphatic heterocycles. The number of anilines is 2. The van der Waals surface area contributed by atoms with Crippen molar-refractivity contribution in [3.63, 3.8) is 0 Å². The minimum absolute atomic E-state index is 0.0634. The number of aliphatic carboxylic acids is 1. The summed E-state index contributed by atoms with van der Waals surface area (Å²) in [4.78, 5) is 27.8. The van der Waals surface area contributed by atoms with Crippen molar-refractivity contribution in [2.24, 2.45) is 5.92 Å². The number of halogens is 1. The third-order valence-electron chi connectivity index (χ3n) is 5.37. The molecule has 0 spiro atoms. The number of carboxylic acids is 1. The summed E-state index contributed by atoms with van der Waals surface area (Å²) < 4.78 is 0. The standard InChI is InChI=1S/C21H23ClN6O2/c22-20-19-15(7-8-23-20)3-6-17(28-19)27-16-4-1-13(2-5-16)10-24-21-25-11-14(12-26-21)9-18(29)30/h3,6-8,11-13,16H,1-2,4-5,9-10H2,(H,27,28)(H,29,30)(H,24,25,26)/t13-,16-. The minimum atomic E-state index is -0.886. The second kappa shape index (κ2) is 9.21. The highest BCUT2D eigenvalue weighted by molar-refractivity contribution is 6.33. The number of nitrogens with zero attached hydrogens (tertiary/aromatic N) is 4. The van der Waals surface area contributed by atoms with E-state index in [2.05, 4.69) is 30.6 Å². The third-order valence-corrected chi connectivity index (χ3v) is 5.65. The Balaban J connectivity index is 1.25. The molecule has 3 heterocycles. The number of rotatable bonds is 7. The monoisotopic (exact) mass is 426 g/mol. The number of hydrogen-bond acceptors (Lipinski definition) is 7. The van der Waals surface area contributed by atoms with Gasteiger partial charge < -0.3 is 15.7 Å². The number of pyridine rings is 2. The zero-order valence-corrected chi connectivity index (χ0v) is 17.1. The molecule has 8 nitrogen and oxygen atoms in total. The molecule has 0 bridgehead atoms. The van der Waals surface area contributed by atoms with Crippen LogP contribution in [0.3, 0.4) is 0 Å². The maximum absolute atomic E-state index is 10.7. The molecule has 30 heavy (non-hydrogen) atoms. The van der Waals surface area contributed by atoms with E-state index in [1.54, 1.807) is 18.6 Å². The highest BCUT2D eigenvalue weighted by Gasteiger charge is 2.21. The average Bonchev–Trinajstić information content (AvgIpc) is 2.74. The first-order chi connectivity index (χ1) is 14.6. The number of aromatic nitrogens is 4. The molecule has 3 N–H and O–H groups in total. The Kier molecular flexibility index (Phi) is 6.23. The molecule has 0 radical (unpaired) electrons. The molecule has 9 heteroatoms. The first-order valence-electron chi connectivity index (χ1n) is 10.0. The Morgan fingerprint density at radius 2 is 1.87 bits per heavy atom. The van der Waals surface area contributed by atoms with Gasteiger partial charge >= 0.3 is 5.97 Å². The van der Waals surface area contributed by atoms with Gasteiger partial charge in [0.1, 0.15) is 11.3 Å². The number of carbonyl (C=O) groups is 1. The van der Waals surface area contributed by atoms with E-state index >= 15 is 0 Å². The highest BCUT2D eigenvalue weighted by Crippen LogP contribution is 2.27. The Labute approximate surface area is 179 Å². The van der Waals surface area contributed by atoms with Crippen molar-refractivity contribution in [2.45, 2.75) is 38.1 Å². The Morgan fingerprint density at radius 1 is 1.10 bits per heavy atom. The zero-order chi connectivity index (χ0) is 20.9. The first kappa shape index (κ1) is 20.3. The predicted molar refractivity (Wildman–Crippen MR) is 116 cm³/mol. The second-order valence-corrected chi connectivity index (χ2v) is 7.96. The maximum Gasteiger partial charge on any atom is 0.307 e. The smallest absolute Gasteiger partial charge is 0.307 e. The van der Waals surface area contributed by atoms with Crippen molar-refractivity contribution >= 4 is 40.2 Å². The lowest BCUT2D eigenvalue weighted by Crippen LogP contribution is -2.29. The fourth-order valence-electron chi connectivity index (χ4n) is 3.76. The molecule has 4 rings (SSSR count). The minimum Gasteiger partial charge on any atom is -0.481 e. The van der Waals surface area contributed by atoms with Crippen LogP contribution in [0.5, 0.6) is 0 Å². The quantitative estimate of drug-likeness (QED) is 0.489. The lowest BCUT2D eigenvalue weighted by Gasteiger charge is -2.29. The summed E-state index contributed by atoms with van der Waals surface area (Å²) in [6, 6.07) is 6.28. The molecule has 0 aromatic carbocycles. The van der Waals surface area contributed by atoms with Crippen LogP contribution in [0, 0.1) is 5.92 Å². The van der Waals surface area contributed by atoms with Crippen LogP contribution in [0.2, 0.25) is 5.15 Å². The molecule has 1 saturated carbocycles. The molecule has 1 fully saturated rings. The van der Waals surface area contributed by atoms with E-state index < -0.39 is 5.97 Å². The summed E-state index contributed by atoms with van der Waals surface area (Å²) in [7, 11) is 0. The van der Waals surface area contributed by atoms with Crippen molar-refractivity contribution in [3.05, 3.63) is 47.5 Å². The summed E-state index contributed by atoms with van der Waals surface area (Å²) in [5.41, 5.74) is 1.32. The molecule has 0 amide bonds. The van der Waals surface area contributed by atoms with Gasteiger partial charge in [0.25, 0.3) is 0 Å². The van der Waals surface area contributed by atoms with Crippen LogP contribution in [0.25, 0.3) is 10.9 Å². The molecule has 0 saturated heterocycles. The lowest BCUT2D eigenvalue weighted by atomic mass is 9.86. The highest BCUT2D eigenvalue weighted by atomic mass is 35.5. The summed E-state index contributed by atoms with van der Waals surface area (Å²) in [6.07, 6.45) is 9.05. The number of hydrogen-bond donors (Lipinski definition) is 3. The van der Waals surface area contributed by atoms with Gasteiger partial charge in [-0.3, -0.25) is 4.79 Å². The van der Waals surface area contributed by atoms with Crippen LogP contribution in [0.1, 0.15) is 31.2 Å². The zero-order valence-electron chi connectivity index (χ0n) is 16.4. The summed E-state index contributed by atoms with van der Waals surface area (Å²) in [5.74, 6) is 1.03. The van der Waals surface area contributed by atoms with E-state index in [4.69, 9.17) is 16.7 Å².